The molecule has 0 saturated heterocycles. The second kappa shape index (κ2) is 7.45. The number of hydrogen-bond donors (Lipinski definition) is 1. The third-order valence-corrected chi connectivity index (χ3v) is 5.11. The molecule has 0 spiro atoms. The van der Waals surface area contributed by atoms with Crippen LogP contribution in [0.5, 0.6) is 0 Å². The van der Waals surface area contributed by atoms with E-state index in [9.17, 15) is 23.1 Å². The van der Waals surface area contributed by atoms with Gasteiger partial charge in [-0.1, -0.05) is 48.5 Å². The highest BCUT2D eigenvalue weighted by atomic mass is 32.2. The third-order valence-electron chi connectivity index (χ3n) is 3.94. The Labute approximate surface area is 153 Å². The molecule has 3 nitrogen and oxygen atoms in total. The van der Waals surface area contributed by atoms with E-state index in [0.29, 0.717) is 12.1 Å². The fourth-order valence-electron chi connectivity index (χ4n) is 2.66. The minimum atomic E-state index is -4.41. The number of aliphatic hydroxyl groups excluding tert-OH is 1. The first kappa shape index (κ1) is 18.4. The molecule has 0 unspecified atom stereocenters. The van der Waals surface area contributed by atoms with Crippen LogP contribution >= 0.6 is 11.8 Å². The van der Waals surface area contributed by atoms with Crippen LogP contribution in [0.2, 0.25) is 0 Å². The third kappa shape index (κ3) is 4.22. The van der Waals surface area contributed by atoms with Gasteiger partial charge < -0.3 is 10.0 Å². The smallest absolute Gasteiger partial charge is 0.416 e. The van der Waals surface area contributed by atoms with Crippen LogP contribution in [-0.4, -0.2) is 22.5 Å². The second-order valence-corrected chi connectivity index (χ2v) is 6.90. The number of aliphatic hydroxyl groups is 1. The van der Waals surface area contributed by atoms with E-state index in [0.717, 1.165) is 29.5 Å². The minimum absolute atomic E-state index is 0.0390. The van der Waals surface area contributed by atoms with Crippen LogP contribution in [0.15, 0.2) is 65.3 Å². The van der Waals surface area contributed by atoms with Crippen molar-refractivity contribution in [3.8, 4) is 0 Å². The van der Waals surface area contributed by atoms with E-state index >= 15 is 0 Å². The number of benzene rings is 2. The van der Waals surface area contributed by atoms with Gasteiger partial charge >= 0.3 is 6.18 Å². The van der Waals surface area contributed by atoms with E-state index in [1.165, 1.54) is 11.0 Å². The number of alkyl halides is 3. The maximum absolute atomic E-state index is 12.8. The Hall–Kier alpha value is -2.41. The molecule has 26 heavy (non-hydrogen) atoms. The maximum Gasteiger partial charge on any atom is 0.416 e. The molecule has 7 heteroatoms. The summed E-state index contributed by atoms with van der Waals surface area (Å²) in [5.41, 5.74) is 0.662. The number of hydrogen-bond acceptors (Lipinski definition) is 3. The summed E-state index contributed by atoms with van der Waals surface area (Å²) < 4.78 is 38.3. The zero-order valence-electron chi connectivity index (χ0n) is 13.7. The summed E-state index contributed by atoms with van der Waals surface area (Å²) in [7, 11) is 0. The van der Waals surface area contributed by atoms with Crippen molar-refractivity contribution >= 4 is 17.7 Å². The number of amides is 1. The molecule has 3 rings (SSSR count). The Bertz CT molecular complexity index is 834. The zero-order valence-corrected chi connectivity index (χ0v) is 14.5. The van der Waals surface area contributed by atoms with Crippen LogP contribution < -0.4 is 0 Å². The Morgan fingerprint density at radius 1 is 1.04 bits per heavy atom. The first-order valence-electron chi connectivity index (χ1n) is 7.89. The molecule has 0 fully saturated rings. The number of thioether (sulfide) groups is 1. The molecule has 2 aromatic rings. The summed E-state index contributed by atoms with van der Waals surface area (Å²) in [6, 6.07) is 14.4. The largest absolute Gasteiger partial charge is 0.509 e. The summed E-state index contributed by atoms with van der Waals surface area (Å²) in [6.45, 7) is 0.482. The minimum Gasteiger partial charge on any atom is -0.509 e. The first-order chi connectivity index (χ1) is 12.3. The van der Waals surface area contributed by atoms with Gasteiger partial charge in [0.25, 0.3) is 5.91 Å². The molecule has 136 valence electrons. The fourth-order valence-corrected chi connectivity index (χ4v) is 3.64. The molecule has 1 amide bonds. The fraction of sp³-hybridized carbons (Fsp3) is 0.211. The summed E-state index contributed by atoms with van der Waals surface area (Å²) >= 11 is 1.06. The number of halogens is 3. The van der Waals surface area contributed by atoms with Gasteiger partial charge in [-0.15, -0.1) is 11.8 Å². The van der Waals surface area contributed by atoms with Gasteiger partial charge in [-0.25, -0.2) is 0 Å². The Morgan fingerprint density at radius 2 is 1.73 bits per heavy atom. The lowest BCUT2D eigenvalue weighted by Crippen LogP contribution is -2.26. The second-order valence-electron chi connectivity index (χ2n) is 5.91. The molecule has 0 aliphatic carbocycles. The van der Waals surface area contributed by atoms with Crippen LogP contribution in [0.4, 0.5) is 13.2 Å². The van der Waals surface area contributed by atoms with Gasteiger partial charge in [0.2, 0.25) is 0 Å². The highest BCUT2D eigenvalue weighted by molar-refractivity contribution is 8.03. The number of nitrogens with zero attached hydrogens (tertiary/aromatic N) is 1. The van der Waals surface area contributed by atoms with Crippen molar-refractivity contribution in [2.24, 2.45) is 0 Å². The normalized spacial score (nSPS) is 15.0. The van der Waals surface area contributed by atoms with Crippen LogP contribution in [-0.2, 0) is 23.3 Å². The maximum atomic E-state index is 12.8. The van der Waals surface area contributed by atoms with E-state index in [1.54, 1.807) is 6.07 Å². The lowest BCUT2D eigenvalue weighted by molar-refractivity contribution is -0.137. The Kier molecular flexibility index (Phi) is 5.27. The molecule has 0 atom stereocenters. The quantitative estimate of drug-likeness (QED) is 0.815. The van der Waals surface area contributed by atoms with Gasteiger partial charge in [-0.3, -0.25) is 4.79 Å². The molecule has 0 radical (unpaired) electrons. The summed E-state index contributed by atoms with van der Waals surface area (Å²) in [4.78, 5) is 14.2. The molecule has 1 N–H and O–H groups in total. The van der Waals surface area contributed by atoms with E-state index in [1.807, 2.05) is 30.3 Å². The van der Waals surface area contributed by atoms with Crippen molar-refractivity contribution in [1.82, 2.24) is 4.90 Å². The topological polar surface area (TPSA) is 40.5 Å². The van der Waals surface area contributed by atoms with Crippen molar-refractivity contribution in [1.29, 1.82) is 0 Å². The molecule has 0 saturated carbocycles. The van der Waals surface area contributed by atoms with Gasteiger partial charge in [0, 0.05) is 12.3 Å². The van der Waals surface area contributed by atoms with E-state index < -0.39 is 11.7 Å². The molecule has 0 aromatic heterocycles. The number of carbonyl (C=O) groups is 1. The predicted molar refractivity (Wildman–Crippen MR) is 94.3 cm³/mol. The van der Waals surface area contributed by atoms with Gasteiger partial charge in [0.15, 0.2) is 0 Å². The van der Waals surface area contributed by atoms with Gasteiger partial charge in [-0.05, 0) is 17.2 Å². The van der Waals surface area contributed by atoms with Crippen molar-refractivity contribution in [3.63, 3.8) is 0 Å². The number of rotatable bonds is 5. The summed E-state index contributed by atoms with van der Waals surface area (Å²) in [5, 5.41) is 10.1. The Morgan fingerprint density at radius 3 is 2.42 bits per heavy atom. The van der Waals surface area contributed by atoms with Gasteiger partial charge in [0.1, 0.15) is 10.7 Å². The molecular formula is C19H16F3NO2S. The van der Waals surface area contributed by atoms with E-state index in [4.69, 9.17) is 0 Å². The van der Waals surface area contributed by atoms with Gasteiger partial charge in [0.05, 0.1) is 12.1 Å². The average Bonchev–Trinajstić information content (AvgIpc) is 2.87. The predicted octanol–water partition coefficient (Wildman–Crippen LogP) is 4.75. The highest BCUT2D eigenvalue weighted by Gasteiger charge is 2.32. The summed E-state index contributed by atoms with van der Waals surface area (Å²) in [5.74, 6) is -0.167. The molecule has 1 aliphatic heterocycles. The van der Waals surface area contributed by atoms with Crippen molar-refractivity contribution in [2.45, 2.75) is 18.5 Å². The average molecular weight is 379 g/mol. The van der Waals surface area contributed by atoms with Crippen LogP contribution in [0.3, 0.4) is 0 Å². The first-order valence-corrected chi connectivity index (χ1v) is 8.87. The molecule has 2 aromatic carbocycles. The number of carbonyl (C=O) groups excluding carboxylic acids is 1. The zero-order chi connectivity index (χ0) is 18.7. The Balaban J connectivity index is 1.65. The monoisotopic (exact) mass is 379 g/mol. The van der Waals surface area contributed by atoms with Crippen LogP contribution in [0.1, 0.15) is 16.7 Å². The molecule has 0 bridgehead atoms. The van der Waals surface area contributed by atoms with Crippen LogP contribution in [0, 0.1) is 0 Å². The van der Waals surface area contributed by atoms with Crippen molar-refractivity contribution < 1.29 is 23.1 Å². The van der Waals surface area contributed by atoms with Gasteiger partial charge in [-0.2, -0.15) is 13.2 Å². The van der Waals surface area contributed by atoms with Crippen molar-refractivity contribution in [3.05, 3.63) is 82.0 Å². The molecule has 1 heterocycles. The standard InChI is InChI=1S/C19H16F3NO2S/c20-19(21,22)15-8-4-7-14(9-15)12-26-17-16(24)11-23(18(17)25)10-13-5-2-1-3-6-13/h1-9,24H,10-12H2. The lowest BCUT2D eigenvalue weighted by Gasteiger charge is -2.16. The van der Waals surface area contributed by atoms with E-state index in [2.05, 4.69) is 0 Å². The van der Waals surface area contributed by atoms with E-state index in [-0.39, 0.29) is 28.9 Å². The molecule has 1 aliphatic rings. The lowest BCUT2D eigenvalue weighted by atomic mass is 10.1. The highest BCUT2D eigenvalue weighted by Crippen LogP contribution is 2.33. The SMILES string of the molecule is O=C1C(SCc2cccc(C(F)(F)F)c2)=C(O)CN1Cc1ccccc1. The van der Waals surface area contributed by atoms with Crippen molar-refractivity contribution in [2.75, 3.05) is 6.54 Å². The van der Waals surface area contributed by atoms with Crippen LogP contribution in [0.25, 0.3) is 0 Å². The molecular weight excluding hydrogens is 363 g/mol. The summed E-state index contributed by atoms with van der Waals surface area (Å²) in [6.07, 6.45) is -4.41.